The number of nitrogens with zero attached hydrogens (tertiary/aromatic N) is 5. The van der Waals surface area contributed by atoms with Crippen LogP contribution >= 0.6 is 12.2 Å². The summed E-state index contributed by atoms with van der Waals surface area (Å²) in [5.41, 5.74) is 8.04. The molecule has 4 heterocycles. The summed E-state index contributed by atoms with van der Waals surface area (Å²) in [6.07, 6.45) is 5.59. The van der Waals surface area contributed by atoms with Crippen LogP contribution in [0.15, 0.2) is 79.3 Å². The van der Waals surface area contributed by atoms with Crippen molar-refractivity contribution in [3.63, 3.8) is 0 Å². The van der Waals surface area contributed by atoms with Gasteiger partial charge in [0.05, 0.1) is 17.8 Å². The minimum absolute atomic E-state index is 0.0311. The Morgan fingerprint density at radius 3 is 2.46 bits per heavy atom. The summed E-state index contributed by atoms with van der Waals surface area (Å²) < 4.78 is 2.36. The minimum Gasteiger partial charge on any atom is -0.378 e. The van der Waals surface area contributed by atoms with E-state index >= 15 is 0 Å². The van der Waals surface area contributed by atoms with Crippen LogP contribution in [0.1, 0.15) is 40.3 Å². The summed E-state index contributed by atoms with van der Waals surface area (Å²) in [6.45, 7) is 5.14. The van der Waals surface area contributed by atoms with Gasteiger partial charge in [0.25, 0.3) is 0 Å². The fourth-order valence-corrected chi connectivity index (χ4v) is 5.25. The van der Waals surface area contributed by atoms with Crippen LogP contribution in [0.25, 0.3) is 0 Å². The summed E-state index contributed by atoms with van der Waals surface area (Å²) in [5, 5.41) is 4.28. The molecule has 1 aromatic carbocycles. The summed E-state index contributed by atoms with van der Waals surface area (Å²) in [5.74, 6) is 0. The van der Waals surface area contributed by atoms with Crippen LogP contribution in [0, 0.1) is 13.8 Å². The van der Waals surface area contributed by atoms with Gasteiger partial charge in [0.1, 0.15) is 0 Å². The molecule has 1 aliphatic rings. The van der Waals surface area contributed by atoms with Gasteiger partial charge in [-0.3, -0.25) is 9.97 Å². The normalized spacial score (nSPS) is 17.5. The van der Waals surface area contributed by atoms with E-state index in [0.29, 0.717) is 5.11 Å². The Balaban J connectivity index is 1.60. The van der Waals surface area contributed by atoms with E-state index in [9.17, 15) is 0 Å². The van der Waals surface area contributed by atoms with Crippen molar-refractivity contribution in [1.29, 1.82) is 0 Å². The number of aromatic nitrogens is 3. The van der Waals surface area contributed by atoms with E-state index in [4.69, 9.17) is 17.2 Å². The first-order chi connectivity index (χ1) is 16.9. The number of benzene rings is 1. The fraction of sp³-hybridized carbons (Fsp3) is 0.250. The summed E-state index contributed by atoms with van der Waals surface area (Å²) in [4.78, 5) is 13.3. The van der Waals surface area contributed by atoms with Crippen molar-refractivity contribution in [3.05, 3.63) is 107 Å². The van der Waals surface area contributed by atoms with Crippen molar-refractivity contribution < 1.29 is 0 Å². The number of pyridine rings is 2. The van der Waals surface area contributed by atoms with Gasteiger partial charge in [-0.25, -0.2) is 0 Å². The van der Waals surface area contributed by atoms with E-state index in [-0.39, 0.29) is 12.1 Å². The minimum atomic E-state index is -0.0652. The van der Waals surface area contributed by atoms with Crippen LogP contribution in [0.2, 0.25) is 0 Å². The van der Waals surface area contributed by atoms with E-state index in [0.717, 1.165) is 23.6 Å². The molecule has 0 amide bonds. The quantitative estimate of drug-likeness (QED) is 0.382. The number of hydrogen-bond acceptors (Lipinski definition) is 4. The third-order valence-electron chi connectivity index (χ3n) is 6.74. The molecule has 0 spiro atoms. The van der Waals surface area contributed by atoms with Crippen LogP contribution in [-0.4, -0.2) is 33.7 Å². The molecule has 0 aliphatic carbocycles. The predicted octanol–water partition coefficient (Wildman–Crippen LogP) is 5.19. The molecule has 5 rings (SSSR count). The second-order valence-electron chi connectivity index (χ2n) is 9.18. The largest absolute Gasteiger partial charge is 0.378 e. The Hall–Kier alpha value is -3.71. The smallest absolute Gasteiger partial charge is 0.174 e. The number of anilines is 2. The molecular formula is C28H30N6S. The Labute approximate surface area is 212 Å². The lowest BCUT2D eigenvalue weighted by atomic mass is 9.96. The molecule has 1 fully saturated rings. The van der Waals surface area contributed by atoms with Gasteiger partial charge in [0.15, 0.2) is 5.11 Å². The first-order valence-corrected chi connectivity index (χ1v) is 12.2. The number of nitrogens with one attached hydrogen (secondary N) is 1. The first-order valence-electron chi connectivity index (χ1n) is 11.8. The van der Waals surface area contributed by atoms with Crippen LogP contribution in [0.4, 0.5) is 11.4 Å². The second kappa shape index (κ2) is 9.50. The molecule has 4 aromatic rings. The highest BCUT2D eigenvalue weighted by Gasteiger charge is 2.42. The van der Waals surface area contributed by atoms with Gasteiger partial charge in [0.2, 0.25) is 0 Å². The molecule has 1 N–H and O–H groups in total. The fourth-order valence-electron chi connectivity index (χ4n) is 4.91. The van der Waals surface area contributed by atoms with Gasteiger partial charge in [-0.2, -0.15) is 0 Å². The van der Waals surface area contributed by atoms with Crippen molar-refractivity contribution in [2.45, 2.75) is 32.5 Å². The van der Waals surface area contributed by atoms with E-state index in [2.05, 4.69) is 81.0 Å². The summed E-state index contributed by atoms with van der Waals surface area (Å²) >= 11 is 5.91. The van der Waals surface area contributed by atoms with Gasteiger partial charge in [-0.05, 0) is 85.7 Å². The zero-order valence-corrected chi connectivity index (χ0v) is 21.3. The summed E-state index contributed by atoms with van der Waals surface area (Å²) in [6, 6.07) is 20.9. The van der Waals surface area contributed by atoms with Crippen molar-refractivity contribution in [3.8, 4) is 0 Å². The number of thiocarbonyl (C=S) groups is 1. The molecule has 2 atom stereocenters. The Bertz CT molecular complexity index is 1320. The first kappa shape index (κ1) is 23.1. The van der Waals surface area contributed by atoms with Gasteiger partial charge in [-0.15, -0.1) is 0 Å². The third-order valence-corrected chi connectivity index (χ3v) is 7.05. The molecule has 0 radical (unpaired) electrons. The number of hydrogen-bond donors (Lipinski definition) is 1. The molecule has 6 nitrogen and oxygen atoms in total. The monoisotopic (exact) mass is 482 g/mol. The molecule has 1 aliphatic heterocycles. The maximum absolute atomic E-state index is 5.91. The van der Waals surface area contributed by atoms with Crippen LogP contribution in [-0.2, 0) is 6.54 Å². The standard InChI is InChI=1S/C28H30N6S/c1-19-16-24(20(2)33(19)18-21-8-7-14-29-17-21)27-26(25-9-5-6-15-30-25)31-28(35)34(27)23-12-10-22(11-13-23)32(3)4/h5-17,26-27H,18H2,1-4H3,(H,31,35). The van der Waals surface area contributed by atoms with Crippen LogP contribution in [0.3, 0.4) is 0 Å². The zero-order valence-electron chi connectivity index (χ0n) is 20.5. The molecule has 0 saturated carbocycles. The maximum atomic E-state index is 5.91. The molecule has 2 unspecified atom stereocenters. The third kappa shape index (κ3) is 4.39. The highest BCUT2D eigenvalue weighted by molar-refractivity contribution is 7.80. The molecule has 0 bridgehead atoms. The molecule has 7 heteroatoms. The van der Waals surface area contributed by atoms with Crippen molar-refractivity contribution in [1.82, 2.24) is 19.9 Å². The molecule has 1 saturated heterocycles. The van der Waals surface area contributed by atoms with Crippen molar-refractivity contribution in [2.75, 3.05) is 23.9 Å². The average Bonchev–Trinajstić information content (AvgIpc) is 3.36. The van der Waals surface area contributed by atoms with Gasteiger partial charge in [-0.1, -0.05) is 12.1 Å². The predicted molar refractivity (Wildman–Crippen MR) is 146 cm³/mol. The molecule has 3 aromatic heterocycles. The van der Waals surface area contributed by atoms with Gasteiger partial charge in [0, 0.05) is 62.0 Å². The SMILES string of the molecule is Cc1cc(C2C(c3ccccn3)NC(=S)N2c2ccc(N(C)C)cc2)c(C)n1Cc1cccnc1. The van der Waals surface area contributed by atoms with Gasteiger partial charge >= 0.3 is 0 Å². The Morgan fingerprint density at radius 1 is 1.00 bits per heavy atom. The molecular weight excluding hydrogens is 452 g/mol. The van der Waals surface area contributed by atoms with Crippen LogP contribution < -0.4 is 15.1 Å². The molecule has 35 heavy (non-hydrogen) atoms. The Kier molecular flexibility index (Phi) is 6.26. The second-order valence-corrected chi connectivity index (χ2v) is 9.57. The average molecular weight is 483 g/mol. The maximum Gasteiger partial charge on any atom is 0.174 e. The number of rotatable bonds is 6. The van der Waals surface area contributed by atoms with Crippen molar-refractivity contribution in [2.24, 2.45) is 0 Å². The van der Waals surface area contributed by atoms with Crippen molar-refractivity contribution >= 4 is 28.7 Å². The topological polar surface area (TPSA) is 49.2 Å². The van der Waals surface area contributed by atoms with Crippen LogP contribution in [0.5, 0.6) is 0 Å². The van der Waals surface area contributed by atoms with E-state index in [1.807, 2.05) is 50.9 Å². The summed E-state index contributed by atoms with van der Waals surface area (Å²) in [7, 11) is 4.10. The lowest BCUT2D eigenvalue weighted by molar-refractivity contribution is 0.563. The van der Waals surface area contributed by atoms with Gasteiger partial charge < -0.3 is 19.7 Å². The lowest BCUT2D eigenvalue weighted by Gasteiger charge is -2.28. The highest BCUT2D eigenvalue weighted by Crippen LogP contribution is 2.43. The molecule has 178 valence electrons. The zero-order chi connectivity index (χ0) is 24.5. The highest BCUT2D eigenvalue weighted by atomic mass is 32.1. The Morgan fingerprint density at radius 2 is 1.80 bits per heavy atom. The lowest BCUT2D eigenvalue weighted by Crippen LogP contribution is -2.29. The van der Waals surface area contributed by atoms with E-state index in [1.54, 1.807) is 0 Å². The number of aryl methyl sites for hydroxylation is 1. The van der Waals surface area contributed by atoms with E-state index in [1.165, 1.54) is 22.5 Å². The van der Waals surface area contributed by atoms with E-state index < -0.39 is 0 Å².